The molecule has 3 aromatic rings. The molecule has 0 aliphatic carbocycles. The molecule has 1 heterocycles. The van der Waals surface area contributed by atoms with Crippen molar-refractivity contribution >= 4 is 27.5 Å². The van der Waals surface area contributed by atoms with Crippen LogP contribution in [-0.2, 0) is 6.54 Å². The van der Waals surface area contributed by atoms with Crippen LogP contribution in [0.15, 0.2) is 41.4 Å². The summed E-state index contributed by atoms with van der Waals surface area (Å²) in [6, 6.07) is 11.3. The van der Waals surface area contributed by atoms with Gasteiger partial charge in [0, 0.05) is 12.1 Å². The number of ether oxygens (including phenoxy) is 1. The fraction of sp³-hybridized carbons (Fsp3) is 0.263. The monoisotopic (exact) mass is 340 g/mol. The normalized spacial score (nSPS) is 11.9. The minimum absolute atomic E-state index is 0.235. The number of aromatic nitrogens is 1. The Labute approximate surface area is 145 Å². The van der Waals surface area contributed by atoms with Gasteiger partial charge in [-0.1, -0.05) is 23.5 Å². The zero-order valence-electron chi connectivity index (χ0n) is 14.3. The van der Waals surface area contributed by atoms with Crippen LogP contribution in [0.2, 0.25) is 0 Å². The van der Waals surface area contributed by atoms with Crippen molar-refractivity contribution in [2.45, 2.75) is 27.3 Å². The highest BCUT2D eigenvalue weighted by molar-refractivity contribution is 7.16. The Balaban J connectivity index is 2.13. The topological polar surface area (TPSA) is 43.6 Å². The number of carbonyl (C=O) groups excluding carboxylic acids is 1. The van der Waals surface area contributed by atoms with Crippen molar-refractivity contribution in [3.8, 4) is 5.75 Å². The largest absolute Gasteiger partial charge is 0.497 e. The molecular weight excluding hydrogens is 320 g/mol. The van der Waals surface area contributed by atoms with Gasteiger partial charge in [-0.15, -0.1) is 0 Å². The van der Waals surface area contributed by atoms with Crippen LogP contribution in [0.4, 0.5) is 0 Å². The van der Waals surface area contributed by atoms with E-state index in [0.717, 1.165) is 17.1 Å². The number of aryl methyl sites for hydroxylation is 3. The summed E-state index contributed by atoms with van der Waals surface area (Å²) in [5, 5.41) is 0. The standard InChI is InChI=1S/C19H20N2O2S/c1-5-21-16-12(2)6-7-13(3)17(16)24-19(21)20-18(22)14-8-10-15(23-4)11-9-14/h6-11H,5H2,1-4H3. The smallest absolute Gasteiger partial charge is 0.279 e. The first-order valence-electron chi connectivity index (χ1n) is 7.87. The zero-order valence-corrected chi connectivity index (χ0v) is 15.1. The third kappa shape index (κ3) is 2.87. The number of nitrogens with zero attached hydrogens (tertiary/aromatic N) is 2. The molecule has 0 aliphatic heterocycles. The fourth-order valence-electron chi connectivity index (χ4n) is 2.74. The lowest BCUT2D eigenvalue weighted by molar-refractivity contribution is 0.0998. The summed E-state index contributed by atoms with van der Waals surface area (Å²) in [5.41, 5.74) is 4.14. The van der Waals surface area contributed by atoms with E-state index in [2.05, 4.69) is 42.5 Å². The van der Waals surface area contributed by atoms with E-state index in [-0.39, 0.29) is 5.91 Å². The molecular formula is C19H20N2O2S. The van der Waals surface area contributed by atoms with E-state index in [9.17, 15) is 4.79 Å². The molecule has 124 valence electrons. The van der Waals surface area contributed by atoms with Gasteiger partial charge in [-0.3, -0.25) is 4.79 Å². The summed E-state index contributed by atoms with van der Waals surface area (Å²) in [6.45, 7) is 7.03. The Morgan fingerprint density at radius 1 is 1.12 bits per heavy atom. The average Bonchev–Trinajstić information content (AvgIpc) is 2.97. The molecule has 0 bridgehead atoms. The molecule has 3 rings (SSSR count). The van der Waals surface area contributed by atoms with Crippen LogP contribution in [0.25, 0.3) is 10.2 Å². The molecule has 0 radical (unpaired) electrons. The first-order valence-corrected chi connectivity index (χ1v) is 8.69. The Kier molecular flexibility index (Phi) is 4.53. The summed E-state index contributed by atoms with van der Waals surface area (Å²) in [4.78, 5) is 17.6. The van der Waals surface area contributed by atoms with Gasteiger partial charge in [0.15, 0.2) is 4.80 Å². The predicted octanol–water partition coefficient (Wildman–Crippen LogP) is 4.09. The molecule has 0 N–H and O–H groups in total. The Bertz CT molecular complexity index is 965. The molecule has 0 fully saturated rings. The number of hydrogen-bond acceptors (Lipinski definition) is 3. The van der Waals surface area contributed by atoms with Crippen LogP contribution in [0.5, 0.6) is 5.75 Å². The molecule has 0 unspecified atom stereocenters. The molecule has 0 spiro atoms. The number of amides is 1. The van der Waals surface area contributed by atoms with E-state index in [1.54, 1.807) is 42.7 Å². The van der Waals surface area contributed by atoms with Crippen molar-refractivity contribution in [3.63, 3.8) is 0 Å². The first kappa shape index (κ1) is 16.5. The predicted molar refractivity (Wildman–Crippen MR) is 97.9 cm³/mol. The summed E-state index contributed by atoms with van der Waals surface area (Å²) in [5.74, 6) is 0.491. The third-order valence-electron chi connectivity index (χ3n) is 4.07. The molecule has 0 saturated carbocycles. The van der Waals surface area contributed by atoms with Gasteiger partial charge < -0.3 is 9.30 Å². The second-order valence-electron chi connectivity index (χ2n) is 5.65. The van der Waals surface area contributed by atoms with Gasteiger partial charge in [-0.2, -0.15) is 4.99 Å². The number of hydrogen-bond donors (Lipinski definition) is 0. The van der Waals surface area contributed by atoms with Gasteiger partial charge in [0.2, 0.25) is 0 Å². The maximum atomic E-state index is 12.5. The maximum absolute atomic E-state index is 12.5. The summed E-state index contributed by atoms with van der Waals surface area (Å²) in [6.07, 6.45) is 0. The number of benzene rings is 2. The molecule has 1 amide bonds. The summed E-state index contributed by atoms with van der Waals surface area (Å²) < 4.78 is 8.43. The maximum Gasteiger partial charge on any atom is 0.279 e. The van der Waals surface area contributed by atoms with Gasteiger partial charge in [-0.05, 0) is 56.2 Å². The van der Waals surface area contributed by atoms with E-state index in [1.165, 1.54) is 21.3 Å². The van der Waals surface area contributed by atoms with Gasteiger partial charge >= 0.3 is 0 Å². The quantitative estimate of drug-likeness (QED) is 0.721. The molecule has 4 nitrogen and oxygen atoms in total. The third-order valence-corrected chi connectivity index (χ3v) is 5.29. The Morgan fingerprint density at radius 3 is 2.42 bits per heavy atom. The van der Waals surface area contributed by atoms with Gasteiger partial charge in [0.25, 0.3) is 5.91 Å². The van der Waals surface area contributed by atoms with E-state index in [4.69, 9.17) is 4.74 Å². The second kappa shape index (κ2) is 6.61. The SMILES string of the molecule is CCn1c(=NC(=O)c2ccc(OC)cc2)sc2c(C)ccc(C)c21. The molecule has 0 saturated heterocycles. The van der Waals surface area contributed by atoms with Crippen molar-refractivity contribution in [1.29, 1.82) is 0 Å². The van der Waals surface area contributed by atoms with Crippen LogP contribution >= 0.6 is 11.3 Å². The van der Waals surface area contributed by atoms with Crippen molar-refractivity contribution in [2.75, 3.05) is 7.11 Å². The minimum Gasteiger partial charge on any atom is -0.497 e. The van der Waals surface area contributed by atoms with Crippen LogP contribution in [0, 0.1) is 13.8 Å². The lowest BCUT2D eigenvalue weighted by Crippen LogP contribution is -2.16. The molecule has 2 aromatic carbocycles. The minimum atomic E-state index is -0.235. The molecule has 0 aliphatic rings. The van der Waals surface area contributed by atoms with Crippen LogP contribution in [-0.4, -0.2) is 17.6 Å². The van der Waals surface area contributed by atoms with Crippen LogP contribution < -0.4 is 9.54 Å². The van der Waals surface area contributed by atoms with Gasteiger partial charge in [0.1, 0.15) is 5.75 Å². The molecule has 0 atom stereocenters. The van der Waals surface area contributed by atoms with Crippen molar-refractivity contribution in [2.24, 2.45) is 4.99 Å². The second-order valence-corrected chi connectivity index (χ2v) is 6.63. The molecule has 1 aromatic heterocycles. The zero-order chi connectivity index (χ0) is 17.3. The fourth-order valence-corrected chi connectivity index (χ4v) is 3.98. The van der Waals surface area contributed by atoms with Gasteiger partial charge in [0.05, 0.1) is 17.3 Å². The number of methoxy groups -OCH3 is 1. The number of fused-ring (bicyclic) bond motifs is 1. The summed E-state index contributed by atoms with van der Waals surface area (Å²) in [7, 11) is 1.60. The van der Waals surface area contributed by atoms with Gasteiger partial charge in [-0.25, -0.2) is 0 Å². The van der Waals surface area contributed by atoms with Crippen LogP contribution in [0.3, 0.4) is 0 Å². The van der Waals surface area contributed by atoms with E-state index in [0.29, 0.717) is 5.56 Å². The van der Waals surface area contributed by atoms with Crippen molar-refractivity contribution < 1.29 is 9.53 Å². The highest BCUT2D eigenvalue weighted by Gasteiger charge is 2.11. The highest BCUT2D eigenvalue weighted by Crippen LogP contribution is 2.25. The lowest BCUT2D eigenvalue weighted by Gasteiger charge is -2.04. The summed E-state index contributed by atoms with van der Waals surface area (Å²) >= 11 is 1.57. The number of carbonyl (C=O) groups is 1. The van der Waals surface area contributed by atoms with E-state index >= 15 is 0 Å². The van der Waals surface area contributed by atoms with Crippen molar-refractivity contribution in [1.82, 2.24) is 4.57 Å². The highest BCUT2D eigenvalue weighted by atomic mass is 32.1. The van der Waals surface area contributed by atoms with Crippen molar-refractivity contribution in [3.05, 3.63) is 57.9 Å². The first-order chi connectivity index (χ1) is 11.5. The Hall–Kier alpha value is -2.40. The van der Waals surface area contributed by atoms with E-state index < -0.39 is 0 Å². The number of rotatable bonds is 3. The molecule has 24 heavy (non-hydrogen) atoms. The average molecular weight is 340 g/mol. The molecule has 5 heteroatoms. The number of thiazole rings is 1. The lowest BCUT2D eigenvalue weighted by atomic mass is 10.1. The van der Waals surface area contributed by atoms with E-state index in [1.807, 2.05) is 0 Å². The Morgan fingerprint density at radius 2 is 1.79 bits per heavy atom. The van der Waals surface area contributed by atoms with Crippen LogP contribution in [0.1, 0.15) is 28.4 Å².